The summed E-state index contributed by atoms with van der Waals surface area (Å²) in [6, 6.07) is 8.73. The zero-order chi connectivity index (χ0) is 18.0. The van der Waals surface area contributed by atoms with Gasteiger partial charge in [-0.25, -0.2) is 9.97 Å². The molecule has 0 aliphatic rings. The molecule has 128 valence electrons. The summed E-state index contributed by atoms with van der Waals surface area (Å²) in [4.78, 5) is 35.6. The van der Waals surface area contributed by atoms with Crippen LogP contribution in [0.3, 0.4) is 0 Å². The molecule has 0 aliphatic carbocycles. The van der Waals surface area contributed by atoms with Crippen LogP contribution in [0.1, 0.15) is 11.3 Å². The van der Waals surface area contributed by atoms with Gasteiger partial charge in [0.05, 0.1) is 11.1 Å². The molecule has 3 aromatic rings. The van der Waals surface area contributed by atoms with E-state index in [1.165, 1.54) is 0 Å². The number of rotatable bonds is 4. The second kappa shape index (κ2) is 7.25. The fraction of sp³-hybridized carbons (Fsp3) is 0.176. The molecule has 0 saturated heterocycles. The molecule has 2 N–H and O–H groups in total. The Hall–Kier alpha value is -2.38. The lowest BCUT2D eigenvalue weighted by molar-refractivity contribution is -0.113. The highest BCUT2D eigenvalue weighted by Crippen LogP contribution is 2.18. The van der Waals surface area contributed by atoms with Crippen molar-refractivity contribution in [2.45, 2.75) is 19.0 Å². The monoisotopic (exact) mass is 374 g/mol. The van der Waals surface area contributed by atoms with Gasteiger partial charge in [0, 0.05) is 16.4 Å². The Bertz CT molecular complexity index is 1020. The van der Waals surface area contributed by atoms with Crippen LogP contribution < -0.4 is 10.9 Å². The minimum absolute atomic E-state index is 0.103. The van der Waals surface area contributed by atoms with Crippen LogP contribution in [0.25, 0.3) is 11.0 Å². The number of hydrogen-bond donors (Lipinski definition) is 2. The van der Waals surface area contributed by atoms with Crippen LogP contribution in [0, 0.1) is 13.8 Å². The zero-order valence-corrected chi connectivity index (χ0v) is 15.2. The van der Waals surface area contributed by atoms with E-state index in [9.17, 15) is 9.59 Å². The van der Waals surface area contributed by atoms with Crippen molar-refractivity contribution in [1.29, 1.82) is 0 Å². The maximum Gasteiger partial charge on any atom is 0.261 e. The van der Waals surface area contributed by atoms with Gasteiger partial charge in [0.2, 0.25) is 5.91 Å². The summed E-state index contributed by atoms with van der Waals surface area (Å²) in [7, 11) is 0. The van der Waals surface area contributed by atoms with E-state index in [2.05, 4.69) is 20.3 Å². The molecule has 25 heavy (non-hydrogen) atoms. The van der Waals surface area contributed by atoms with Crippen LogP contribution in [0.5, 0.6) is 0 Å². The van der Waals surface area contributed by atoms with Gasteiger partial charge in [0.1, 0.15) is 0 Å². The highest BCUT2D eigenvalue weighted by atomic mass is 35.5. The average Bonchev–Trinajstić information content (AvgIpc) is 2.52. The van der Waals surface area contributed by atoms with Gasteiger partial charge in [-0.15, -0.1) is 0 Å². The van der Waals surface area contributed by atoms with Crippen molar-refractivity contribution in [3.05, 3.63) is 57.0 Å². The van der Waals surface area contributed by atoms with Crippen LogP contribution >= 0.6 is 23.4 Å². The quantitative estimate of drug-likeness (QED) is 0.540. The molecule has 0 bridgehead atoms. The number of aryl methyl sites for hydroxylation is 2. The molecule has 0 atom stereocenters. The van der Waals surface area contributed by atoms with Crippen molar-refractivity contribution in [1.82, 2.24) is 15.0 Å². The van der Waals surface area contributed by atoms with Crippen LogP contribution in [-0.4, -0.2) is 26.6 Å². The Balaban J connectivity index is 1.75. The number of pyridine rings is 1. The number of anilines is 1. The minimum atomic E-state index is -0.257. The van der Waals surface area contributed by atoms with E-state index in [0.29, 0.717) is 26.9 Å². The summed E-state index contributed by atoms with van der Waals surface area (Å²) in [6.45, 7) is 3.69. The van der Waals surface area contributed by atoms with Crippen LogP contribution in [0.2, 0.25) is 5.02 Å². The lowest BCUT2D eigenvalue weighted by Crippen LogP contribution is -2.16. The number of nitrogens with one attached hydrogen (secondary N) is 2. The fourth-order valence-electron chi connectivity index (χ4n) is 2.43. The first-order valence-electron chi connectivity index (χ1n) is 7.49. The summed E-state index contributed by atoms with van der Waals surface area (Å²) >= 11 is 7.03. The van der Waals surface area contributed by atoms with Gasteiger partial charge in [-0.05, 0) is 43.7 Å². The van der Waals surface area contributed by atoms with Crippen molar-refractivity contribution in [3.63, 3.8) is 0 Å². The first-order valence-corrected chi connectivity index (χ1v) is 8.85. The Labute approximate surface area is 153 Å². The number of H-pyrrole nitrogens is 1. The number of fused-ring (bicyclic) bond motifs is 1. The van der Waals surface area contributed by atoms with Crippen molar-refractivity contribution < 1.29 is 4.79 Å². The molecule has 0 saturated carbocycles. The summed E-state index contributed by atoms with van der Waals surface area (Å²) < 4.78 is 0. The second-order valence-corrected chi connectivity index (χ2v) is 6.90. The van der Waals surface area contributed by atoms with Gasteiger partial charge in [-0.3, -0.25) is 9.59 Å². The van der Waals surface area contributed by atoms with Gasteiger partial charge in [0.25, 0.3) is 5.56 Å². The molecule has 0 radical (unpaired) electrons. The highest BCUT2D eigenvalue weighted by Gasteiger charge is 2.11. The molecule has 0 unspecified atom stereocenters. The number of amides is 1. The Morgan fingerprint density at radius 1 is 1.28 bits per heavy atom. The molecule has 2 aromatic heterocycles. The number of aromatic amines is 1. The maximum absolute atomic E-state index is 12.2. The topological polar surface area (TPSA) is 87.7 Å². The lowest BCUT2D eigenvalue weighted by atomic mass is 10.2. The van der Waals surface area contributed by atoms with Gasteiger partial charge in [-0.1, -0.05) is 29.4 Å². The SMILES string of the molecule is Cc1cc(C)c2c(=O)[nH]c(SCC(=O)Nc3cccc(Cl)c3)nc2n1. The number of thioether (sulfide) groups is 1. The summed E-state index contributed by atoms with van der Waals surface area (Å²) in [5, 5.41) is 4.12. The number of aromatic nitrogens is 3. The third kappa shape index (κ3) is 4.18. The largest absolute Gasteiger partial charge is 0.325 e. The Morgan fingerprint density at radius 2 is 2.08 bits per heavy atom. The smallest absolute Gasteiger partial charge is 0.261 e. The predicted molar refractivity (Wildman–Crippen MR) is 100 cm³/mol. The van der Waals surface area contributed by atoms with Crippen LogP contribution in [0.4, 0.5) is 5.69 Å². The van der Waals surface area contributed by atoms with Gasteiger partial charge < -0.3 is 10.3 Å². The summed E-state index contributed by atoms with van der Waals surface area (Å²) in [6.07, 6.45) is 0. The van der Waals surface area contributed by atoms with Gasteiger partial charge >= 0.3 is 0 Å². The molecule has 8 heteroatoms. The number of carbonyl (C=O) groups excluding carboxylic acids is 1. The molecule has 3 rings (SSSR count). The third-order valence-corrected chi connectivity index (χ3v) is 4.54. The molecule has 0 fully saturated rings. The predicted octanol–water partition coefficient (Wildman–Crippen LogP) is 3.32. The fourth-order valence-corrected chi connectivity index (χ4v) is 3.27. The standard InChI is InChI=1S/C17H15ClN4O2S/c1-9-6-10(2)19-15-14(9)16(24)22-17(21-15)25-8-13(23)20-12-5-3-4-11(18)7-12/h3-7H,8H2,1-2H3,(H,20,23)(H,19,21,22,24). The maximum atomic E-state index is 12.2. The van der Waals surface area contributed by atoms with E-state index in [-0.39, 0.29) is 17.2 Å². The van der Waals surface area contributed by atoms with Crippen LogP contribution in [0.15, 0.2) is 40.3 Å². The molecular weight excluding hydrogens is 360 g/mol. The molecule has 0 spiro atoms. The van der Waals surface area contributed by atoms with Crippen molar-refractivity contribution in [2.24, 2.45) is 0 Å². The number of hydrogen-bond acceptors (Lipinski definition) is 5. The lowest BCUT2D eigenvalue weighted by Gasteiger charge is -2.06. The van der Waals surface area contributed by atoms with Crippen LogP contribution in [-0.2, 0) is 4.79 Å². The summed E-state index contributed by atoms with van der Waals surface area (Å²) in [5.41, 5.74) is 2.36. The van der Waals surface area contributed by atoms with Crippen molar-refractivity contribution in [3.8, 4) is 0 Å². The van der Waals surface area contributed by atoms with Gasteiger partial charge in [-0.2, -0.15) is 0 Å². The third-order valence-electron chi connectivity index (χ3n) is 3.43. The highest BCUT2D eigenvalue weighted by molar-refractivity contribution is 7.99. The number of nitrogens with zero attached hydrogens (tertiary/aromatic N) is 2. The zero-order valence-electron chi connectivity index (χ0n) is 13.6. The first-order chi connectivity index (χ1) is 11.9. The molecule has 0 aliphatic heterocycles. The number of benzene rings is 1. The van der Waals surface area contributed by atoms with E-state index >= 15 is 0 Å². The second-order valence-electron chi connectivity index (χ2n) is 5.50. The molecule has 2 heterocycles. The molecule has 1 amide bonds. The van der Waals surface area contributed by atoms with E-state index in [4.69, 9.17) is 11.6 Å². The van der Waals surface area contributed by atoms with Gasteiger partial charge in [0.15, 0.2) is 10.8 Å². The van der Waals surface area contributed by atoms with Crippen molar-refractivity contribution in [2.75, 3.05) is 11.1 Å². The normalized spacial score (nSPS) is 10.8. The van der Waals surface area contributed by atoms with E-state index in [1.54, 1.807) is 24.3 Å². The van der Waals surface area contributed by atoms with E-state index in [0.717, 1.165) is 23.0 Å². The minimum Gasteiger partial charge on any atom is -0.325 e. The van der Waals surface area contributed by atoms with E-state index < -0.39 is 0 Å². The Kier molecular flexibility index (Phi) is 5.06. The molecule has 6 nitrogen and oxygen atoms in total. The molecular formula is C17H15ClN4O2S. The summed E-state index contributed by atoms with van der Waals surface area (Å²) in [5.74, 6) is -0.116. The van der Waals surface area contributed by atoms with E-state index in [1.807, 2.05) is 19.9 Å². The first kappa shape index (κ1) is 17.4. The number of halogens is 1. The molecule has 1 aromatic carbocycles. The van der Waals surface area contributed by atoms with Crippen molar-refractivity contribution >= 4 is 46.0 Å². The Morgan fingerprint density at radius 3 is 2.84 bits per heavy atom. The number of carbonyl (C=O) groups is 1. The average molecular weight is 375 g/mol.